The van der Waals surface area contributed by atoms with Gasteiger partial charge in [-0.15, -0.1) is 0 Å². The van der Waals surface area contributed by atoms with E-state index >= 15 is 0 Å². The fourth-order valence-electron chi connectivity index (χ4n) is 3.73. The Hall–Kier alpha value is -2.46. The highest BCUT2D eigenvalue weighted by Gasteiger charge is 2.65. The number of ether oxygens (including phenoxy) is 4. The average molecular weight is 400 g/mol. The van der Waals surface area contributed by atoms with E-state index in [1.807, 2.05) is 0 Å². The monoisotopic (exact) mass is 400 g/mol. The zero-order valence-corrected chi connectivity index (χ0v) is 16.0. The highest BCUT2D eigenvalue weighted by molar-refractivity contribution is 5.69. The second-order valence-electron chi connectivity index (χ2n) is 7.02. The number of rotatable bonds is 4. The third kappa shape index (κ3) is 4.33. The Morgan fingerprint density at radius 2 is 1.25 bits per heavy atom. The molecule has 0 heterocycles. The highest BCUT2D eigenvalue weighted by atomic mass is 16.6. The van der Waals surface area contributed by atoms with Crippen LogP contribution in [-0.4, -0.2) is 69.7 Å². The smallest absolute Gasteiger partial charge is 0.303 e. The zero-order valence-electron chi connectivity index (χ0n) is 16.0. The van der Waals surface area contributed by atoms with Crippen molar-refractivity contribution in [1.29, 1.82) is 0 Å². The third-order valence-corrected chi connectivity index (χ3v) is 4.75. The van der Waals surface area contributed by atoms with Crippen molar-refractivity contribution in [2.24, 2.45) is 0 Å². The van der Waals surface area contributed by atoms with Gasteiger partial charge in [0.1, 0.15) is 23.4 Å². The Labute approximate surface area is 161 Å². The summed E-state index contributed by atoms with van der Waals surface area (Å²) in [5.74, 6) is -2.82. The van der Waals surface area contributed by atoms with Crippen LogP contribution in [-0.2, 0) is 38.1 Å². The number of carbonyl (C=O) groups is 4. The summed E-state index contributed by atoms with van der Waals surface area (Å²) < 4.78 is 20.6. The standard InChI is InChI=1S/C18H24O10/c1-9(19)25-13-5-6-17(23)7-14(26-10(2)20)15(27-11(3)21)8-18(17,24)16(13)28-12(4)22/h5-6,13-16,23-24H,7-8H2,1-4H3/t13-,14-,15+,16-,17+,18-/m1/s1. The van der Waals surface area contributed by atoms with Gasteiger partial charge in [-0.3, -0.25) is 19.2 Å². The largest absolute Gasteiger partial charge is 0.458 e. The summed E-state index contributed by atoms with van der Waals surface area (Å²) in [6.07, 6.45) is -3.06. The molecule has 0 aliphatic heterocycles. The van der Waals surface area contributed by atoms with Crippen molar-refractivity contribution < 1.29 is 48.3 Å². The van der Waals surface area contributed by atoms with Crippen molar-refractivity contribution in [2.45, 2.75) is 76.2 Å². The molecule has 2 aliphatic rings. The van der Waals surface area contributed by atoms with Gasteiger partial charge >= 0.3 is 23.9 Å². The SMILES string of the molecule is CC(=O)O[C@H]1C[C@@]2(O)[C@H](OC(C)=O)[C@H](OC(C)=O)C=C[C@]2(O)C[C@H]1OC(C)=O. The van der Waals surface area contributed by atoms with E-state index in [9.17, 15) is 29.4 Å². The second kappa shape index (κ2) is 7.88. The molecule has 0 spiro atoms. The molecule has 1 saturated carbocycles. The number of aliphatic hydroxyl groups is 2. The van der Waals surface area contributed by atoms with Crippen LogP contribution in [0.5, 0.6) is 0 Å². The maximum atomic E-state index is 11.6. The van der Waals surface area contributed by atoms with Crippen LogP contribution in [0.15, 0.2) is 12.2 Å². The maximum Gasteiger partial charge on any atom is 0.303 e. The molecule has 2 N–H and O–H groups in total. The Morgan fingerprint density at radius 3 is 1.71 bits per heavy atom. The molecule has 1 fully saturated rings. The molecule has 28 heavy (non-hydrogen) atoms. The van der Waals surface area contributed by atoms with E-state index in [0.717, 1.165) is 27.7 Å². The summed E-state index contributed by atoms with van der Waals surface area (Å²) >= 11 is 0. The topological polar surface area (TPSA) is 146 Å². The van der Waals surface area contributed by atoms with Crippen LogP contribution in [0, 0.1) is 0 Å². The molecule has 0 amide bonds. The third-order valence-electron chi connectivity index (χ3n) is 4.75. The molecule has 0 bridgehead atoms. The first kappa shape index (κ1) is 21.8. The average Bonchev–Trinajstić information content (AvgIpc) is 2.51. The molecule has 2 rings (SSSR count). The number of hydrogen-bond acceptors (Lipinski definition) is 10. The molecule has 0 radical (unpaired) electrons. The van der Waals surface area contributed by atoms with Crippen LogP contribution < -0.4 is 0 Å². The summed E-state index contributed by atoms with van der Waals surface area (Å²) in [4.78, 5) is 45.9. The van der Waals surface area contributed by atoms with Gasteiger partial charge in [-0.1, -0.05) is 6.08 Å². The Morgan fingerprint density at radius 1 is 0.786 bits per heavy atom. The summed E-state index contributed by atoms with van der Waals surface area (Å²) in [7, 11) is 0. The van der Waals surface area contributed by atoms with Crippen LogP contribution in [0.1, 0.15) is 40.5 Å². The molecule has 0 saturated heterocycles. The maximum absolute atomic E-state index is 11.6. The molecule has 0 aromatic heterocycles. The van der Waals surface area contributed by atoms with Crippen molar-refractivity contribution >= 4 is 23.9 Å². The van der Waals surface area contributed by atoms with Crippen LogP contribution >= 0.6 is 0 Å². The first-order valence-electron chi connectivity index (χ1n) is 8.71. The number of esters is 4. The number of fused-ring (bicyclic) bond motifs is 1. The quantitative estimate of drug-likeness (QED) is 0.361. The Bertz CT molecular complexity index is 700. The first-order chi connectivity index (χ1) is 12.9. The van der Waals surface area contributed by atoms with Crippen molar-refractivity contribution in [2.75, 3.05) is 0 Å². The first-order valence-corrected chi connectivity index (χ1v) is 8.71. The zero-order chi connectivity index (χ0) is 21.3. The molecule has 10 heteroatoms. The van der Waals surface area contributed by atoms with E-state index in [1.54, 1.807) is 0 Å². The molecule has 0 unspecified atom stereocenters. The summed E-state index contributed by atoms with van der Waals surface area (Å²) in [6.45, 7) is 4.54. The Kier molecular flexibility index (Phi) is 6.15. The minimum Gasteiger partial charge on any atom is -0.458 e. The van der Waals surface area contributed by atoms with Crippen molar-refractivity contribution in [3.63, 3.8) is 0 Å². The number of hydrogen-bond donors (Lipinski definition) is 2. The highest BCUT2D eigenvalue weighted by Crippen LogP contribution is 2.47. The second-order valence-corrected chi connectivity index (χ2v) is 7.02. The van der Waals surface area contributed by atoms with E-state index in [2.05, 4.69) is 0 Å². The molecule has 156 valence electrons. The van der Waals surface area contributed by atoms with Crippen LogP contribution in [0.3, 0.4) is 0 Å². The van der Waals surface area contributed by atoms with Gasteiger partial charge in [-0.05, 0) is 6.08 Å². The fourth-order valence-corrected chi connectivity index (χ4v) is 3.73. The molecule has 0 aromatic rings. The lowest BCUT2D eigenvalue weighted by Crippen LogP contribution is -2.72. The van der Waals surface area contributed by atoms with E-state index in [1.165, 1.54) is 12.2 Å². The van der Waals surface area contributed by atoms with Crippen molar-refractivity contribution in [3.05, 3.63) is 12.2 Å². The molecule has 10 nitrogen and oxygen atoms in total. The van der Waals surface area contributed by atoms with E-state index in [0.29, 0.717) is 0 Å². The van der Waals surface area contributed by atoms with E-state index < -0.39 is 65.9 Å². The van der Waals surface area contributed by atoms with E-state index in [4.69, 9.17) is 18.9 Å². The minimum atomic E-state index is -2.18. The molecule has 2 aliphatic carbocycles. The lowest BCUT2D eigenvalue weighted by Gasteiger charge is -2.55. The van der Waals surface area contributed by atoms with Gasteiger partial charge in [-0.2, -0.15) is 0 Å². The molecule has 0 aromatic carbocycles. The van der Waals surface area contributed by atoms with Crippen LogP contribution in [0.25, 0.3) is 0 Å². The lowest BCUT2D eigenvalue weighted by molar-refractivity contribution is -0.266. The van der Waals surface area contributed by atoms with Crippen molar-refractivity contribution in [3.8, 4) is 0 Å². The molecular formula is C18H24O10. The van der Waals surface area contributed by atoms with Gasteiger partial charge in [0.25, 0.3) is 0 Å². The van der Waals surface area contributed by atoms with Gasteiger partial charge in [0.2, 0.25) is 0 Å². The number of carbonyl (C=O) groups excluding carboxylic acids is 4. The normalized spacial score (nSPS) is 36.6. The predicted molar refractivity (Wildman–Crippen MR) is 90.5 cm³/mol. The van der Waals surface area contributed by atoms with Crippen molar-refractivity contribution in [1.82, 2.24) is 0 Å². The van der Waals surface area contributed by atoms with Gasteiger partial charge in [0, 0.05) is 40.5 Å². The van der Waals surface area contributed by atoms with Gasteiger partial charge < -0.3 is 29.2 Å². The van der Waals surface area contributed by atoms with Crippen LogP contribution in [0.4, 0.5) is 0 Å². The molecule has 6 atom stereocenters. The summed E-state index contributed by atoms with van der Waals surface area (Å²) in [6, 6.07) is 0. The van der Waals surface area contributed by atoms with Gasteiger partial charge in [-0.25, -0.2) is 0 Å². The molecular weight excluding hydrogens is 376 g/mol. The fraction of sp³-hybridized carbons (Fsp3) is 0.667. The van der Waals surface area contributed by atoms with Gasteiger partial charge in [0.15, 0.2) is 12.2 Å². The Balaban J connectivity index is 2.48. The van der Waals surface area contributed by atoms with Crippen LogP contribution in [0.2, 0.25) is 0 Å². The van der Waals surface area contributed by atoms with Gasteiger partial charge in [0.05, 0.1) is 0 Å². The summed E-state index contributed by atoms with van der Waals surface area (Å²) in [5, 5.41) is 22.5. The van der Waals surface area contributed by atoms with E-state index in [-0.39, 0.29) is 6.42 Å². The summed E-state index contributed by atoms with van der Waals surface area (Å²) in [5.41, 5.74) is -4.18. The predicted octanol–water partition coefficient (Wildman–Crippen LogP) is -0.461. The minimum absolute atomic E-state index is 0.331. The lowest BCUT2D eigenvalue weighted by atomic mass is 9.63.